The van der Waals surface area contributed by atoms with Gasteiger partial charge in [-0.3, -0.25) is 9.59 Å². The van der Waals surface area contributed by atoms with Gasteiger partial charge in [0.1, 0.15) is 17.8 Å². The molecule has 0 aliphatic rings. The number of fused-ring (bicyclic) bond motifs is 1. The van der Waals surface area contributed by atoms with Gasteiger partial charge in [-0.1, -0.05) is 64.1 Å². The Bertz CT molecular complexity index is 1360. The molecule has 0 bridgehead atoms. The SMILES string of the molecule is CC(C)C[C@H](NC(=O)C(CCc1c[nH]c2ccccc12)NC(=O)C(NC(=O)Oc1ccccc1)C(C)C)[C@@H](O)CC#N. The van der Waals surface area contributed by atoms with E-state index < -0.39 is 42.1 Å². The Morgan fingerprint density at radius 3 is 2.31 bits per heavy atom. The molecule has 1 heterocycles. The lowest BCUT2D eigenvalue weighted by Gasteiger charge is -2.29. The summed E-state index contributed by atoms with van der Waals surface area (Å²) in [7, 11) is 0. The molecular formula is C32H41N5O5. The highest BCUT2D eigenvalue weighted by molar-refractivity contribution is 5.92. The van der Waals surface area contributed by atoms with Gasteiger partial charge in [-0.05, 0) is 54.9 Å². The summed E-state index contributed by atoms with van der Waals surface area (Å²) >= 11 is 0. The van der Waals surface area contributed by atoms with E-state index in [0.29, 0.717) is 18.6 Å². The smallest absolute Gasteiger partial charge is 0.410 e. The number of benzene rings is 2. The van der Waals surface area contributed by atoms with Crippen molar-refractivity contribution in [2.45, 2.75) is 77.6 Å². The Morgan fingerprint density at radius 1 is 0.952 bits per heavy atom. The number of aliphatic hydroxyl groups excluding tert-OH is 1. The van der Waals surface area contributed by atoms with Crippen LogP contribution in [0.1, 0.15) is 52.5 Å². The van der Waals surface area contributed by atoms with Gasteiger partial charge in [-0.15, -0.1) is 0 Å². The highest BCUT2D eigenvalue weighted by Gasteiger charge is 2.31. The van der Waals surface area contributed by atoms with Crippen molar-refractivity contribution >= 4 is 28.8 Å². The molecule has 0 saturated heterocycles. The lowest BCUT2D eigenvalue weighted by Crippen LogP contribution is -2.57. The molecule has 0 spiro atoms. The molecular weight excluding hydrogens is 534 g/mol. The third kappa shape index (κ3) is 9.35. The fourth-order valence-corrected chi connectivity index (χ4v) is 4.79. The maximum Gasteiger partial charge on any atom is 0.413 e. The molecule has 3 rings (SSSR count). The number of hydrogen-bond acceptors (Lipinski definition) is 6. The number of nitriles is 1. The van der Waals surface area contributed by atoms with Crippen LogP contribution in [0.2, 0.25) is 0 Å². The molecule has 2 aromatic carbocycles. The van der Waals surface area contributed by atoms with Crippen molar-refractivity contribution in [3.8, 4) is 11.8 Å². The minimum absolute atomic E-state index is 0.132. The number of aliphatic hydroxyl groups is 1. The molecule has 4 atom stereocenters. The molecule has 0 saturated carbocycles. The quantitative estimate of drug-likeness (QED) is 0.194. The molecule has 1 aromatic heterocycles. The van der Waals surface area contributed by atoms with Gasteiger partial charge in [0.15, 0.2) is 0 Å². The zero-order valence-electron chi connectivity index (χ0n) is 24.6. The van der Waals surface area contributed by atoms with Crippen LogP contribution in [0.25, 0.3) is 10.9 Å². The minimum atomic E-state index is -1.05. The summed E-state index contributed by atoms with van der Waals surface area (Å²) in [5.74, 6) is -0.835. The van der Waals surface area contributed by atoms with Crippen LogP contribution in [0.5, 0.6) is 5.75 Å². The van der Waals surface area contributed by atoms with Crippen molar-refractivity contribution in [2.24, 2.45) is 11.8 Å². The van der Waals surface area contributed by atoms with E-state index in [1.54, 1.807) is 44.2 Å². The number of carbonyl (C=O) groups excluding carboxylic acids is 3. The van der Waals surface area contributed by atoms with E-state index in [0.717, 1.165) is 16.5 Å². The van der Waals surface area contributed by atoms with Crippen LogP contribution in [0.3, 0.4) is 0 Å². The lowest BCUT2D eigenvalue weighted by molar-refractivity contribution is -0.131. The number of carbonyl (C=O) groups is 3. The maximum atomic E-state index is 13.6. The van der Waals surface area contributed by atoms with Crippen molar-refractivity contribution in [2.75, 3.05) is 0 Å². The fraction of sp³-hybridized carbons (Fsp3) is 0.438. The van der Waals surface area contributed by atoms with Crippen LogP contribution in [-0.2, 0) is 16.0 Å². The Balaban J connectivity index is 1.79. The van der Waals surface area contributed by atoms with Crippen molar-refractivity contribution in [1.82, 2.24) is 20.9 Å². The van der Waals surface area contributed by atoms with Crippen LogP contribution >= 0.6 is 0 Å². The molecule has 2 unspecified atom stereocenters. The molecule has 0 aliphatic carbocycles. The summed E-state index contributed by atoms with van der Waals surface area (Å²) in [4.78, 5) is 42.9. The lowest BCUT2D eigenvalue weighted by atomic mass is 9.96. The summed E-state index contributed by atoms with van der Waals surface area (Å²) in [5.41, 5.74) is 1.96. The number of rotatable bonds is 14. The number of para-hydroxylation sites is 2. The standard InChI is InChI=1S/C32H41N5O5/c1-20(2)18-27(28(38)16-17-33)36-30(39)26(15-14-22-19-34-25-13-9-8-12-24(22)25)35-31(40)29(21(3)4)37-32(41)42-23-10-6-5-7-11-23/h5-13,19-21,26-29,34,38H,14-16,18H2,1-4H3,(H,35,40)(H,36,39)(H,37,41)/t26?,27-,28-,29?/m0/s1. The number of nitrogens with one attached hydrogen (secondary N) is 4. The Kier molecular flexibility index (Phi) is 11.9. The van der Waals surface area contributed by atoms with Gasteiger partial charge in [-0.25, -0.2) is 4.79 Å². The average molecular weight is 576 g/mol. The Hall–Kier alpha value is -4.36. The van der Waals surface area contributed by atoms with Crippen molar-refractivity contribution < 1.29 is 24.2 Å². The first-order valence-corrected chi connectivity index (χ1v) is 14.3. The molecule has 0 radical (unpaired) electrons. The number of nitrogens with zero attached hydrogens (tertiary/aromatic N) is 1. The number of aromatic nitrogens is 1. The second-order valence-electron chi connectivity index (χ2n) is 11.2. The first-order valence-electron chi connectivity index (χ1n) is 14.3. The normalized spacial score (nSPS) is 14.0. The molecule has 3 aromatic rings. The molecule has 10 nitrogen and oxygen atoms in total. The van der Waals surface area contributed by atoms with E-state index in [1.165, 1.54) is 0 Å². The van der Waals surface area contributed by atoms with Gasteiger partial charge >= 0.3 is 6.09 Å². The number of aryl methyl sites for hydroxylation is 1. The summed E-state index contributed by atoms with van der Waals surface area (Å²) in [5, 5.41) is 29.0. The maximum absolute atomic E-state index is 13.6. The number of ether oxygens (including phenoxy) is 1. The second-order valence-corrected chi connectivity index (χ2v) is 11.2. The summed E-state index contributed by atoms with van der Waals surface area (Å²) in [6.07, 6.45) is 1.12. The minimum Gasteiger partial charge on any atom is -0.410 e. The molecule has 10 heteroatoms. The average Bonchev–Trinajstić information content (AvgIpc) is 3.36. The third-order valence-electron chi connectivity index (χ3n) is 7.00. The summed E-state index contributed by atoms with van der Waals surface area (Å²) in [6.45, 7) is 7.49. The second kappa shape index (κ2) is 15.6. The largest absolute Gasteiger partial charge is 0.413 e. The third-order valence-corrected chi connectivity index (χ3v) is 7.00. The van der Waals surface area contributed by atoms with Gasteiger partial charge < -0.3 is 30.8 Å². The van der Waals surface area contributed by atoms with E-state index in [1.807, 2.05) is 50.4 Å². The first kappa shape index (κ1) is 32.2. The van der Waals surface area contributed by atoms with Crippen molar-refractivity contribution in [3.05, 3.63) is 66.4 Å². The van der Waals surface area contributed by atoms with Crippen LogP contribution in [0.15, 0.2) is 60.8 Å². The fourth-order valence-electron chi connectivity index (χ4n) is 4.79. The Morgan fingerprint density at radius 2 is 1.64 bits per heavy atom. The monoisotopic (exact) mass is 575 g/mol. The van der Waals surface area contributed by atoms with Crippen LogP contribution in [-0.4, -0.2) is 52.2 Å². The topological polar surface area (TPSA) is 156 Å². The van der Waals surface area contributed by atoms with Gasteiger partial charge in [0.2, 0.25) is 11.8 Å². The van der Waals surface area contributed by atoms with E-state index >= 15 is 0 Å². The zero-order chi connectivity index (χ0) is 30.6. The highest BCUT2D eigenvalue weighted by atomic mass is 16.6. The molecule has 3 amide bonds. The van der Waals surface area contributed by atoms with Crippen molar-refractivity contribution in [3.63, 3.8) is 0 Å². The van der Waals surface area contributed by atoms with Gasteiger partial charge in [0.25, 0.3) is 0 Å². The van der Waals surface area contributed by atoms with E-state index in [-0.39, 0.29) is 24.7 Å². The van der Waals surface area contributed by atoms with E-state index in [4.69, 9.17) is 10.00 Å². The van der Waals surface area contributed by atoms with Gasteiger partial charge in [-0.2, -0.15) is 5.26 Å². The van der Waals surface area contributed by atoms with Gasteiger partial charge in [0, 0.05) is 17.1 Å². The molecule has 0 aliphatic heterocycles. The highest BCUT2D eigenvalue weighted by Crippen LogP contribution is 2.20. The van der Waals surface area contributed by atoms with E-state index in [2.05, 4.69) is 20.9 Å². The number of amides is 3. The van der Waals surface area contributed by atoms with Crippen LogP contribution in [0, 0.1) is 23.2 Å². The first-order chi connectivity index (χ1) is 20.1. The number of H-pyrrole nitrogens is 1. The van der Waals surface area contributed by atoms with Gasteiger partial charge in [0.05, 0.1) is 24.6 Å². The molecule has 0 fully saturated rings. The predicted octanol–water partition coefficient (Wildman–Crippen LogP) is 4.20. The summed E-state index contributed by atoms with van der Waals surface area (Å²) in [6, 6.07) is 15.7. The summed E-state index contributed by atoms with van der Waals surface area (Å²) < 4.78 is 5.31. The van der Waals surface area contributed by atoms with E-state index in [9.17, 15) is 19.5 Å². The zero-order valence-corrected chi connectivity index (χ0v) is 24.6. The Labute approximate surface area is 246 Å². The van der Waals surface area contributed by atoms with Crippen LogP contribution < -0.4 is 20.7 Å². The number of hydrogen-bond donors (Lipinski definition) is 5. The molecule has 5 N–H and O–H groups in total. The number of aromatic amines is 1. The molecule has 42 heavy (non-hydrogen) atoms. The van der Waals surface area contributed by atoms with Crippen molar-refractivity contribution in [1.29, 1.82) is 5.26 Å². The van der Waals surface area contributed by atoms with Crippen LogP contribution in [0.4, 0.5) is 4.79 Å². The predicted molar refractivity (Wildman–Crippen MR) is 160 cm³/mol. The molecule has 224 valence electrons.